The predicted octanol–water partition coefficient (Wildman–Crippen LogP) is 3.98. The molecule has 4 rings (SSSR count). The number of hydrogen-bond acceptors (Lipinski definition) is 5. The molecule has 6 nitrogen and oxygen atoms in total. The van der Waals surface area contributed by atoms with E-state index in [1.54, 1.807) is 24.3 Å². The fourth-order valence-electron chi connectivity index (χ4n) is 3.87. The molecule has 0 bridgehead atoms. The predicted molar refractivity (Wildman–Crippen MR) is 114 cm³/mol. The first-order valence-corrected chi connectivity index (χ1v) is 10.3. The molecule has 7 heteroatoms. The van der Waals surface area contributed by atoms with Crippen molar-refractivity contribution < 1.29 is 9.59 Å². The van der Waals surface area contributed by atoms with Crippen LogP contribution in [0.1, 0.15) is 29.2 Å². The van der Waals surface area contributed by atoms with Crippen LogP contribution in [-0.4, -0.2) is 33.7 Å². The lowest BCUT2D eigenvalue weighted by Crippen LogP contribution is -2.30. The summed E-state index contributed by atoms with van der Waals surface area (Å²) in [6, 6.07) is 9.61. The van der Waals surface area contributed by atoms with E-state index in [0.717, 1.165) is 22.4 Å². The molecule has 3 aromatic rings. The second-order valence-corrected chi connectivity index (χ2v) is 8.25. The number of amides is 2. The molecule has 1 fully saturated rings. The van der Waals surface area contributed by atoms with Gasteiger partial charge < -0.3 is 10.2 Å². The highest BCUT2D eigenvalue weighted by molar-refractivity contribution is 7.14. The van der Waals surface area contributed by atoms with E-state index < -0.39 is 5.92 Å². The van der Waals surface area contributed by atoms with E-state index in [4.69, 9.17) is 0 Å². The maximum atomic E-state index is 13.0. The first-order valence-electron chi connectivity index (χ1n) is 9.43. The third kappa shape index (κ3) is 3.78. The maximum absolute atomic E-state index is 13.0. The van der Waals surface area contributed by atoms with E-state index in [9.17, 15) is 9.59 Å². The highest BCUT2D eigenvalue weighted by Crippen LogP contribution is 2.37. The number of nitrogens with zero attached hydrogens (tertiary/aromatic N) is 3. The van der Waals surface area contributed by atoms with Gasteiger partial charge in [0.2, 0.25) is 11.8 Å². The van der Waals surface area contributed by atoms with Crippen LogP contribution in [-0.2, 0) is 9.59 Å². The molecule has 2 aromatic heterocycles. The van der Waals surface area contributed by atoms with Crippen molar-refractivity contribution in [2.24, 2.45) is 5.92 Å². The number of carbonyl (C=O) groups is 2. The maximum Gasteiger partial charge on any atom is 0.232 e. The van der Waals surface area contributed by atoms with Gasteiger partial charge in [-0.25, -0.2) is 4.98 Å². The van der Waals surface area contributed by atoms with Gasteiger partial charge in [-0.15, -0.1) is 11.3 Å². The Labute approximate surface area is 173 Å². The summed E-state index contributed by atoms with van der Waals surface area (Å²) in [6.45, 7) is 4.11. The fourth-order valence-corrected chi connectivity index (χ4v) is 4.58. The largest absolute Gasteiger partial charge is 0.338 e. The van der Waals surface area contributed by atoms with Crippen LogP contribution < -0.4 is 5.32 Å². The molecule has 1 aliphatic rings. The molecule has 0 radical (unpaired) electrons. The fraction of sp³-hybridized carbons (Fsp3) is 0.273. The molecule has 2 amide bonds. The van der Waals surface area contributed by atoms with Crippen LogP contribution in [0.5, 0.6) is 0 Å². The number of rotatable bonds is 4. The number of anilines is 1. The van der Waals surface area contributed by atoms with Crippen molar-refractivity contribution in [3.05, 3.63) is 64.8 Å². The van der Waals surface area contributed by atoms with E-state index in [-0.39, 0.29) is 24.3 Å². The van der Waals surface area contributed by atoms with Crippen molar-refractivity contribution in [1.82, 2.24) is 14.9 Å². The van der Waals surface area contributed by atoms with Crippen molar-refractivity contribution in [2.45, 2.75) is 26.3 Å². The Balaban J connectivity index is 1.55. The first-order chi connectivity index (χ1) is 13.9. The van der Waals surface area contributed by atoms with Gasteiger partial charge >= 0.3 is 0 Å². The molecule has 2 atom stereocenters. The van der Waals surface area contributed by atoms with Crippen molar-refractivity contribution in [2.75, 3.05) is 12.4 Å². The molecule has 2 unspecified atom stereocenters. The number of hydrogen-bond donors (Lipinski definition) is 1. The molecule has 1 N–H and O–H groups in total. The standard InChI is InChI=1S/C22H22N4O2S/c1-13-6-7-16(14(2)9-13)18-12-29-22(24-18)25-21(28)17-10-19(27)26(3)20(17)15-5-4-8-23-11-15/h4-9,11-12,17,20H,10H2,1-3H3,(H,24,25,28). The van der Waals surface area contributed by atoms with Gasteiger partial charge in [-0.2, -0.15) is 0 Å². The van der Waals surface area contributed by atoms with E-state index in [2.05, 4.69) is 41.3 Å². The Kier molecular flexibility index (Phi) is 5.15. The summed E-state index contributed by atoms with van der Waals surface area (Å²) in [6.07, 6.45) is 3.57. The molecular formula is C22H22N4O2S. The number of nitrogens with one attached hydrogen (secondary N) is 1. The normalized spacial score (nSPS) is 18.9. The van der Waals surface area contributed by atoms with Crippen LogP contribution in [0.2, 0.25) is 0 Å². The van der Waals surface area contributed by atoms with Crippen LogP contribution in [0, 0.1) is 19.8 Å². The second kappa shape index (κ2) is 7.75. The minimum absolute atomic E-state index is 0.0471. The third-order valence-electron chi connectivity index (χ3n) is 5.34. The van der Waals surface area contributed by atoms with Crippen molar-refractivity contribution in [1.29, 1.82) is 0 Å². The molecule has 1 aromatic carbocycles. The number of thiazole rings is 1. The first kappa shape index (κ1) is 19.3. The zero-order valence-corrected chi connectivity index (χ0v) is 17.4. The second-order valence-electron chi connectivity index (χ2n) is 7.39. The lowest BCUT2D eigenvalue weighted by atomic mass is 9.94. The van der Waals surface area contributed by atoms with Crippen LogP contribution >= 0.6 is 11.3 Å². The summed E-state index contributed by atoms with van der Waals surface area (Å²) in [7, 11) is 1.73. The van der Waals surface area contributed by atoms with E-state index in [1.807, 2.05) is 23.6 Å². The Morgan fingerprint density at radius 1 is 1.28 bits per heavy atom. The summed E-state index contributed by atoms with van der Waals surface area (Å²) < 4.78 is 0. The molecule has 148 valence electrons. The molecule has 29 heavy (non-hydrogen) atoms. The Bertz CT molecular complexity index is 1060. The molecule has 0 spiro atoms. The summed E-state index contributed by atoms with van der Waals surface area (Å²) >= 11 is 1.39. The Hall–Kier alpha value is -3.06. The van der Waals surface area contributed by atoms with E-state index >= 15 is 0 Å². The Morgan fingerprint density at radius 2 is 2.10 bits per heavy atom. The number of benzene rings is 1. The average molecular weight is 407 g/mol. The number of carbonyl (C=O) groups excluding carboxylic acids is 2. The third-order valence-corrected chi connectivity index (χ3v) is 6.10. The lowest BCUT2D eigenvalue weighted by Gasteiger charge is -2.24. The van der Waals surface area contributed by atoms with E-state index in [0.29, 0.717) is 5.13 Å². The molecule has 1 saturated heterocycles. The highest BCUT2D eigenvalue weighted by Gasteiger charge is 2.43. The molecule has 0 aliphatic carbocycles. The molecule has 1 aliphatic heterocycles. The minimum Gasteiger partial charge on any atom is -0.338 e. The zero-order chi connectivity index (χ0) is 20.5. The van der Waals surface area contributed by atoms with Crippen LogP contribution in [0.25, 0.3) is 11.3 Å². The van der Waals surface area contributed by atoms with Gasteiger partial charge in [0.1, 0.15) is 0 Å². The number of pyridine rings is 1. The van der Waals surface area contributed by atoms with Crippen LogP contribution in [0.4, 0.5) is 5.13 Å². The van der Waals surface area contributed by atoms with Crippen LogP contribution in [0.3, 0.4) is 0 Å². The van der Waals surface area contributed by atoms with Gasteiger partial charge in [0.05, 0.1) is 17.7 Å². The monoisotopic (exact) mass is 406 g/mol. The van der Waals surface area contributed by atoms with Gasteiger partial charge in [0.25, 0.3) is 0 Å². The number of aryl methyl sites for hydroxylation is 2. The van der Waals surface area contributed by atoms with Crippen molar-refractivity contribution in [3.63, 3.8) is 0 Å². The van der Waals surface area contributed by atoms with Crippen molar-refractivity contribution in [3.8, 4) is 11.3 Å². The molecular weight excluding hydrogens is 384 g/mol. The average Bonchev–Trinajstić information content (AvgIpc) is 3.27. The zero-order valence-electron chi connectivity index (χ0n) is 16.5. The number of aromatic nitrogens is 2. The topological polar surface area (TPSA) is 75.2 Å². The quantitative estimate of drug-likeness (QED) is 0.711. The summed E-state index contributed by atoms with van der Waals surface area (Å²) in [5.41, 5.74) is 5.10. The SMILES string of the molecule is Cc1ccc(-c2csc(NC(=O)C3CC(=O)N(C)C3c3cccnc3)n2)c(C)c1. The molecule has 0 saturated carbocycles. The Morgan fingerprint density at radius 3 is 2.83 bits per heavy atom. The van der Waals surface area contributed by atoms with Gasteiger partial charge in [0, 0.05) is 36.8 Å². The molecule has 3 heterocycles. The number of likely N-dealkylation sites (tertiary alicyclic amines) is 1. The smallest absolute Gasteiger partial charge is 0.232 e. The van der Waals surface area contributed by atoms with Gasteiger partial charge in [-0.05, 0) is 31.0 Å². The van der Waals surface area contributed by atoms with Gasteiger partial charge in [-0.1, -0.05) is 29.8 Å². The lowest BCUT2D eigenvalue weighted by molar-refractivity contribution is -0.127. The van der Waals surface area contributed by atoms with Gasteiger partial charge in [0.15, 0.2) is 5.13 Å². The summed E-state index contributed by atoms with van der Waals surface area (Å²) in [5.74, 6) is -0.725. The highest BCUT2D eigenvalue weighted by atomic mass is 32.1. The summed E-state index contributed by atoms with van der Waals surface area (Å²) in [5, 5.41) is 5.40. The van der Waals surface area contributed by atoms with E-state index in [1.165, 1.54) is 16.9 Å². The van der Waals surface area contributed by atoms with Crippen molar-refractivity contribution >= 4 is 28.3 Å². The summed E-state index contributed by atoms with van der Waals surface area (Å²) in [4.78, 5) is 35.7. The minimum atomic E-state index is -0.481. The van der Waals surface area contributed by atoms with Gasteiger partial charge in [-0.3, -0.25) is 14.6 Å². The van der Waals surface area contributed by atoms with Crippen LogP contribution in [0.15, 0.2) is 48.1 Å².